The molecule has 7 heteroatoms. The Labute approximate surface area is 140 Å². The number of halogens is 2. The van der Waals surface area contributed by atoms with Crippen LogP contribution in [0.4, 0.5) is 10.1 Å². The maximum Gasteiger partial charge on any atom is 0.255 e. The van der Waals surface area contributed by atoms with Gasteiger partial charge in [0.1, 0.15) is 11.6 Å². The van der Waals surface area contributed by atoms with E-state index in [4.69, 9.17) is 10.5 Å². The Hall–Kier alpha value is -2.41. The van der Waals surface area contributed by atoms with Crippen molar-refractivity contribution in [3.8, 4) is 5.75 Å². The number of rotatable bonds is 6. The first kappa shape index (κ1) is 17.0. The van der Waals surface area contributed by atoms with E-state index in [1.807, 2.05) is 0 Å². The van der Waals surface area contributed by atoms with E-state index in [2.05, 4.69) is 21.2 Å². The average molecular weight is 381 g/mol. The van der Waals surface area contributed by atoms with E-state index in [0.29, 0.717) is 21.5 Å². The normalized spacial score (nSPS) is 10.2. The number of ether oxygens (including phenoxy) is 1. The summed E-state index contributed by atoms with van der Waals surface area (Å²) in [6, 6.07) is 11.0. The predicted octanol–water partition coefficient (Wildman–Crippen LogP) is 2.63. The van der Waals surface area contributed by atoms with Crippen molar-refractivity contribution < 1.29 is 18.7 Å². The minimum atomic E-state index is -0.562. The second kappa shape index (κ2) is 7.73. The van der Waals surface area contributed by atoms with E-state index in [1.54, 1.807) is 36.4 Å². The van der Waals surface area contributed by atoms with Crippen LogP contribution in [0.2, 0.25) is 0 Å². The van der Waals surface area contributed by atoms with Gasteiger partial charge in [-0.25, -0.2) is 4.39 Å². The number of carbonyl (C=O) groups is 2. The molecule has 120 valence electrons. The summed E-state index contributed by atoms with van der Waals surface area (Å²) in [5.41, 5.74) is 6.26. The van der Waals surface area contributed by atoms with E-state index < -0.39 is 5.91 Å². The highest BCUT2D eigenvalue weighted by molar-refractivity contribution is 9.10. The molecule has 2 aromatic carbocycles. The van der Waals surface area contributed by atoms with Gasteiger partial charge in [-0.2, -0.15) is 0 Å². The summed E-state index contributed by atoms with van der Waals surface area (Å²) in [7, 11) is 0. The van der Waals surface area contributed by atoms with Crippen LogP contribution in [0.15, 0.2) is 46.9 Å². The number of hydrogen-bond donors (Lipinski definition) is 2. The number of carbonyl (C=O) groups excluding carboxylic acids is 2. The molecular weight excluding hydrogens is 367 g/mol. The van der Waals surface area contributed by atoms with Crippen molar-refractivity contribution >= 4 is 33.4 Å². The first-order valence-corrected chi connectivity index (χ1v) is 7.48. The van der Waals surface area contributed by atoms with Gasteiger partial charge in [0.2, 0.25) is 5.91 Å². The molecule has 0 aliphatic carbocycles. The molecule has 0 aliphatic rings. The van der Waals surface area contributed by atoms with Crippen molar-refractivity contribution in [2.24, 2.45) is 5.73 Å². The lowest BCUT2D eigenvalue weighted by atomic mass is 10.1. The van der Waals surface area contributed by atoms with Gasteiger partial charge in [0.25, 0.3) is 5.91 Å². The molecule has 2 aromatic rings. The van der Waals surface area contributed by atoms with Crippen molar-refractivity contribution in [3.05, 3.63) is 58.3 Å². The number of benzene rings is 2. The van der Waals surface area contributed by atoms with Crippen LogP contribution in [0.3, 0.4) is 0 Å². The minimum Gasteiger partial charge on any atom is -0.484 e. The van der Waals surface area contributed by atoms with Gasteiger partial charge in [-0.3, -0.25) is 9.59 Å². The topological polar surface area (TPSA) is 81.4 Å². The van der Waals surface area contributed by atoms with Crippen molar-refractivity contribution in [2.75, 3.05) is 11.9 Å². The van der Waals surface area contributed by atoms with Gasteiger partial charge in [-0.1, -0.05) is 6.07 Å². The summed E-state index contributed by atoms with van der Waals surface area (Å²) in [6.45, 7) is -0.203. The molecule has 0 heterocycles. The molecule has 0 fully saturated rings. The molecule has 0 aliphatic heterocycles. The number of hydrogen-bond acceptors (Lipinski definition) is 3. The Morgan fingerprint density at radius 1 is 1.17 bits per heavy atom. The van der Waals surface area contributed by atoms with Crippen LogP contribution in [-0.4, -0.2) is 18.4 Å². The van der Waals surface area contributed by atoms with E-state index >= 15 is 0 Å². The largest absolute Gasteiger partial charge is 0.484 e. The lowest BCUT2D eigenvalue weighted by Gasteiger charge is -2.08. The first-order valence-electron chi connectivity index (χ1n) is 6.69. The summed E-state index contributed by atoms with van der Waals surface area (Å²) < 4.78 is 18.6. The quantitative estimate of drug-likeness (QED) is 0.807. The number of nitrogens with one attached hydrogen (secondary N) is 1. The van der Waals surface area contributed by atoms with Crippen LogP contribution in [0.25, 0.3) is 0 Å². The van der Waals surface area contributed by atoms with Gasteiger partial charge in [-0.05, 0) is 57.9 Å². The molecule has 3 N–H and O–H groups in total. The summed E-state index contributed by atoms with van der Waals surface area (Å²) >= 11 is 3.08. The average Bonchev–Trinajstić information content (AvgIpc) is 2.50. The minimum absolute atomic E-state index is 0.124. The van der Waals surface area contributed by atoms with Crippen LogP contribution in [0.5, 0.6) is 5.75 Å². The van der Waals surface area contributed by atoms with E-state index in [0.717, 1.165) is 0 Å². The number of anilines is 1. The predicted molar refractivity (Wildman–Crippen MR) is 87.6 cm³/mol. The zero-order chi connectivity index (χ0) is 16.8. The van der Waals surface area contributed by atoms with Crippen molar-refractivity contribution in [1.29, 1.82) is 0 Å². The fraction of sp³-hybridized carbons (Fsp3) is 0.125. The van der Waals surface area contributed by atoms with Gasteiger partial charge in [-0.15, -0.1) is 0 Å². The monoisotopic (exact) mass is 380 g/mol. The van der Waals surface area contributed by atoms with Crippen molar-refractivity contribution in [2.45, 2.75) is 6.42 Å². The number of primary amides is 1. The van der Waals surface area contributed by atoms with Crippen LogP contribution in [0, 0.1) is 5.82 Å². The van der Waals surface area contributed by atoms with Crippen molar-refractivity contribution in [3.63, 3.8) is 0 Å². The molecule has 23 heavy (non-hydrogen) atoms. The zero-order valence-electron chi connectivity index (χ0n) is 12.0. The van der Waals surface area contributed by atoms with E-state index in [-0.39, 0.29) is 24.8 Å². The van der Waals surface area contributed by atoms with Gasteiger partial charge in [0.15, 0.2) is 6.61 Å². The number of amides is 2. The Morgan fingerprint density at radius 3 is 2.48 bits per heavy atom. The third-order valence-electron chi connectivity index (χ3n) is 2.87. The molecule has 0 atom stereocenters. The highest BCUT2D eigenvalue weighted by atomic mass is 79.9. The van der Waals surface area contributed by atoms with Crippen LogP contribution >= 0.6 is 15.9 Å². The van der Waals surface area contributed by atoms with Crippen LogP contribution < -0.4 is 15.8 Å². The Kier molecular flexibility index (Phi) is 5.70. The van der Waals surface area contributed by atoms with Crippen molar-refractivity contribution in [1.82, 2.24) is 0 Å². The summed E-state index contributed by atoms with van der Waals surface area (Å²) in [4.78, 5) is 22.6. The molecular formula is C16H14BrFN2O3. The summed E-state index contributed by atoms with van der Waals surface area (Å²) in [5.74, 6) is -0.688. The molecule has 0 saturated carbocycles. The highest BCUT2D eigenvalue weighted by Crippen LogP contribution is 2.18. The third kappa shape index (κ3) is 5.37. The van der Waals surface area contributed by atoms with Crippen LogP contribution in [0.1, 0.15) is 5.56 Å². The second-order valence-electron chi connectivity index (χ2n) is 4.75. The maximum absolute atomic E-state index is 13.1. The SMILES string of the molecule is NC(=O)COc1ccc(NC(=O)Cc2ccc(F)c(Br)c2)cc1. The zero-order valence-corrected chi connectivity index (χ0v) is 13.6. The summed E-state index contributed by atoms with van der Waals surface area (Å²) in [6.07, 6.45) is 0.124. The second-order valence-corrected chi connectivity index (χ2v) is 5.61. The Morgan fingerprint density at radius 2 is 1.87 bits per heavy atom. The molecule has 0 bridgehead atoms. The van der Waals surface area contributed by atoms with Gasteiger partial charge < -0.3 is 15.8 Å². The standard InChI is InChI=1S/C16H14BrFN2O3/c17-13-7-10(1-6-14(13)18)8-16(22)20-11-2-4-12(5-3-11)23-9-15(19)21/h1-7H,8-9H2,(H2,19,21)(H,20,22). The summed E-state index contributed by atoms with van der Waals surface area (Å²) in [5, 5.41) is 2.72. The molecule has 2 amide bonds. The number of nitrogens with two attached hydrogens (primary N) is 1. The Bertz CT molecular complexity index is 720. The van der Waals surface area contributed by atoms with Gasteiger partial charge >= 0.3 is 0 Å². The highest BCUT2D eigenvalue weighted by Gasteiger charge is 2.07. The van der Waals surface area contributed by atoms with E-state index in [9.17, 15) is 14.0 Å². The fourth-order valence-corrected chi connectivity index (χ4v) is 2.26. The molecule has 0 saturated heterocycles. The van der Waals surface area contributed by atoms with E-state index in [1.165, 1.54) is 6.07 Å². The fourth-order valence-electron chi connectivity index (χ4n) is 1.83. The van der Waals surface area contributed by atoms with Crippen LogP contribution in [-0.2, 0) is 16.0 Å². The molecule has 0 radical (unpaired) electrons. The lowest BCUT2D eigenvalue weighted by molar-refractivity contribution is -0.120. The molecule has 2 rings (SSSR count). The molecule has 5 nitrogen and oxygen atoms in total. The van der Waals surface area contributed by atoms with Gasteiger partial charge in [0, 0.05) is 5.69 Å². The van der Waals surface area contributed by atoms with Gasteiger partial charge in [0.05, 0.1) is 10.9 Å². The lowest BCUT2D eigenvalue weighted by Crippen LogP contribution is -2.20. The maximum atomic E-state index is 13.1. The molecule has 0 aromatic heterocycles. The Balaban J connectivity index is 1.92. The molecule has 0 unspecified atom stereocenters. The molecule has 0 spiro atoms. The first-order chi connectivity index (χ1) is 10.9. The third-order valence-corrected chi connectivity index (χ3v) is 3.48. The smallest absolute Gasteiger partial charge is 0.255 e.